The number of aromatic nitrogens is 2. The number of aryl methyl sites for hydroxylation is 1. The summed E-state index contributed by atoms with van der Waals surface area (Å²) in [4.78, 5) is 16.6. The van der Waals surface area contributed by atoms with Crippen LogP contribution in [-0.4, -0.2) is 43.2 Å². The molecule has 7 heteroatoms. The van der Waals surface area contributed by atoms with Gasteiger partial charge in [0.15, 0.2) is 6.29 Å². The van der Waals surface area contributed by atoms with Gasteiger partial charge in [0.2, 0.25) is 0 Å². The third-order valence-corrected chi connectivity index (χ3v) is 4.69. The van der Waals surface area contributed by atoms with E-state index in [0.29, 0.717) is 35.7 Å². The summed E-state index contributed by atoms with van der Waals surface area (Å²) < 4.78 is 26.6. The largest absolute Gasteiger partial charge is 0.367 e. The van der Waals surface area contributed by atoms with E-state index in [0.717, 1.165) is 12.8 Å². The van der Waals surface area contributed by atoms with Crippen molar-refractivity contribution in [3.63, 3.8) is 0 Å². The van der Waals surface area contributed by atoms with E-state index in [1.807, 2.05) is 4.90 Å². The van der Waals surface area contributed by atoms with E-state index in [9.17, 15) is 9.18 Å². The highest BCUT2D eigenvalue weighted by Gasteiger charge is 2.29. The Balaban J connectivity index is 1.90. The predicted molar refractivity (Wildman–Crippen MR) is 86.2 cm³/mol. The van der Waals surface area contributed by atoms with E-state index in [1.165, 1.54) is 10.6 Å². The summed E-state index contributed by atoms with van der Waals surface area (Å²) in [5, 5.41) is 0. The van der Waals surface area contributed by atoms with Gasteiger partial charge in [0.05, 0.1) is 16.7 Å². The summed E-state index contributed by atoms with van der Waals surface area (Å²) in [6.07, 6.45) is 1.47. The first-order valence-electron chi connectivity index (χ1n) is 7.74. The smallest absolute Gasteiger partial charge is 0.326 e. The van der Waals surface area contributed by atoms with Gasteiger partial charge in [0, 0.05) is 40.3 Å². The molecule has 1 aliphatic heterocycles. The molecule has 126 valence electrons. The van der Waals surface area contributed by atoms with Crippen molar-refractivity contribution in [2.24, 2.45) is 13.0 Å². The van der Waals surface area contributed by atoms with Crippen molar-refractivity contribution in [3.8, 4) is 0 Å². The second-order valence-electron chi connectivity index (χ2n) is 5.95. The molecule has 1 aromatic carbocycles. The van der Waals surface area contributed by atoms with E-state index < -0.39 is 0 Å². The fourth-order valence-electron chi connectivity index (χ4n) is 3.47. The molecule has 6 nitrogen and oxygen atoms in total. The molecule has 3 rings (SSSR count). The van der Waals surface area contributed by atoms with E-state index in [2.05, 4.69) is 4.98 Å². The van der Waals surface area contributed by atoms with Gasteiger partial charge in [-0.1, -0.05) is 0 Å². The number of anilines is 1. The topological polar surface area (TPSA) is 59.5 Å². The molecule has 2 heterocycles. The minimum Gasteiger partial charge on any atom is -0.367 e. The van der Waals surface area contributed by atoms with Gasteiger partial charge in [-0.25, -0.2) is 9.18 Å². The molecule has 1 N–H and O–H groups in total. The fourth-order valence-corrected chi connectivity index (χ4v) is 3.47. The van der Waals surface area contributed by atoms with Crippen LogP contribution in [0.1, 0.15) is 12.8 Å². The number of rotatable bonds is 4. The van der Waals surface area contributed by atoms with E-state index in [4.69, 9.17) is 9.47 Å². The maximum absolute atomic E-state index is 14.5. The van der Waals surface area contributed by atoms with Crippen LogP contribution in [0.4, 0.5) is 10.1 Å². The first-order valence-corrected chi connectivity index (χ1v) is 7.74. The van der Waals surface area contributed by atoms with Crippen LogP contribution in [0.15, 0.2) is 16.9 Å². The molecule has 0 radical (unpaired) electrons. The lowest BCUT2D eigenvalue weighted by atomic mass is 9.95. The Labute approximate surface area is 133 Å². The molecule has 2 aromatic rings. The van der Waals surface area contributed by atoms with Crippen molar-refractivity contribution in [2.75, 3.05) is 32.2 Å². The summed E-state index contributed by atoms with van der Waals surface area (Å²) in [6, 6.07) is 3.01. The molecular formula is C16H22FN3O3. The maximum atomic E-state index is 14.5. The zero-order valence-corrected chi connectivity index (χ0v) is 13.6. The van der Waals surface area contributed by atoms with Gasteiger partial charge in [-0.2, -0.15) is 0 Å². The van der Waals surface area contributed by atoms with Crippen LogP contribution >= 0.6 is 0 Å². The molecule has 0 unspecified atom stereocenters. The van der Waals surface area contributed by atoms with Crippen LogP contribution in [-0.2, 0) is 16.5 Å². The van der Waals surface area contributed by atoms with Crippen LogP contribution in [0.2, 0.25) is 0 Å². The third-order valence-electron chi connectivity index (χ3n) is 4.69. The number of hydrogen-bond acceptors (Lipinski definition) is 4. The third kappa shape index (κ3) is 2.74. The Kier molecular flexibility index (Phi) is 4.41. The normalized spacial score (nSPS) is 16.7. The number of benzene rings is 1. The van der Waals surface area contributed by atoms with Crippen molar-refractivity contribution in [1.82, 2.24) is 9.55 Å². The van der Waals surface area contributed by atoms with Gasteiger partial charge >= 0.3 is 5.69 Å². The Morgan fingerprint density at radius 3 is 2.52 bits per heavy atom. The summed E-state index contributed by atoms with van der Waals surface area (Å²) in [5.41, 5.74) is 1.53. The number of ether oxygens (including phenoxy) is 2. The molecule has 1 fully saturated rings. The minimum atomic E-state index is -0.305. The van der Waals surface area contributed by atoms with Crippen LogP contribution in [0.5, 0.6) is 0 Å². The van der Waals surface area contributed by atoms with Gasteiger partial charge in [0.1, 0.15) is 5.82 Å². The average Bonchev–Trinajstić information content (AvgIpc) is 2.85. The van der Waals surface area contributed by atoms with Gasteiger partial charge in [-0.15, -0.1) is 0 Å². The number of aromatic amines is 1. The first-order chi connectivity index (χ1) is 11.1. The number of fused-ring (bicyclic) bond motifs is 1. The first kappa shape index (κ1) is 16.0. The lowest BCUT2D eigenvalue weighted by Crippen LogP contribution is -2.39. The molecule has 23 heavy (non-hydrogen) atoms. The van der Waals surface area contributed by atoms with E-state index in [-0.39, 0.29) is 17.8 Å². The van der Waals surface area contributed by atoms with Crippen LogP contribution < -0.4 is 10.6 Å². The number of hydrogen-bond donors (Lipinski definition) is 1. The SMILES string of the molecule is COC(OC)C1CCN(c2c(F)ccc3[nH]c(=O)n(C)c23)CC1. The number of nitrogens with zero attached hydrogens (tertiary/aromatic N) is 2. The zero-order valence-electron chi connectivity index (χ0n) is 13.6. The molecule has 0 bridgehead atoms. The maximum Gasteiger partial charge on any atom is 0.326 e. The number of nitrogens with one attached hydrogen (secondary N) is 1. The standard InChI is InChI=1S/C16H22FN3O3/c1-19-14-12(18-16(19)21)5-4-11(17)13(14)20-8-6-10(7-9-20)15(22-2)23-3/h4-5,10,15H,6-9H2,1-3H3,(H,18,21). The monoisotopic (exact) mass is 323 g/mol. The Morgan fingerprint density at radius 1 is 1.26 bits per heavy atom. The predicted octanol–water partition coefficient (Wildman–Crippen LogP) is 1.84. The summed E-state index contributed by atoms with van der Waals surface area (Å²) in [6.45, 7) is 1.40. The second-order valence-corrected chi connectivity index (χ2v) is 5.95. The van der Waals surface area contributed by atoms with Crippen molar-refractivity contribution >= 4 is 16.7 Å². The number of piperidine rings is 1. The molecular weight excluding hydrogens is 301 g/mol. The van der Waals surface area contributed by atoms with E-state index in [1.54, 1.807) is 27.3 Å². The highest BCUT2D eigenvalue weighted by Crippen LogP contribution is 2.32. The Morgan fingerprint density at radius 2 is 1.91 bits per heavy atom. The van der Waals surface area contributed by atoms with Crippen LogP contribution in [0.3, 0.4) is 0 Å². The highest BCUT2D eigenvalue weighted by molar-refractivity contribution is 5.89. The van der Waals surface area contributed by atoms with Crippen molar-refractivity contribution in [2.45, 2.75) is 19.1 Å². The van der Waals surface area contributed by atoms with E-state index >= 15 is 0 Å². The summed E-state index contributed by atoms with van der Waals surface area (Å²) >= 11 is 0. The molecule has 0 atom stereocenters. The van der Waals surface area contributed by atoms with Gasteiger partial charge in [-0.05, 0) is 25.0 Å². The van der Waals surface area contributed by atoms with Crippen molar-refractivity contribution < 1.29 is 13.9 Å². The molecule has 1 aromatic heterocycles. The summed E-state index contributed by atoms with van der Waals surface area (Å²) in [5.74, 6) is -0.0147. The second kappa shape index (κ2) is 6.33. The molecule has 0 amide bonds. The highest BCUT2D eigenvalue weighted by atomic mass is 19.1. The van der Waals surface area contributed by atoms with Crippen LogP contribution in [0, 0.1) is 11.7 Å². The zero-order chi connectivity index (χ0) is 16.6. The Hall–Kier alpha value is -1.86. The lowest BCUT2D eigenvalue weighted by molar-refractivity contribution is -0.141. The number of methoxy groups -OCH3 is 2. The van der Waals surface area contributed by atoms with Crippen LogP contribution in [0.25, 0.3) is 11.0 Å². The summed E-state index contributed by atoms with van der Waals surface area (Å²) in [7, 11) is 4.93. The molecule has 0 saturated carbocycles. The number of imidazole rings is 1. The Bertz CT molecular complexity index is 743. The van der Waals surface area contributed by atoms with Gasteiger partial charge in [0.25, 0.3) is 0 Å². The fraction of sp³-hybridized carbons (Fsp3) is 0.562. The lowest BCUT2D eigenvalue weighted by Gasteiger charge is -2.36. The molecule has 1 aliphatic rings. The van der Waals surface area contributed by atoms with Gasteiger partial charge < -0.3 is 19.4 Å². The number of halogens is 1. The molecule has 0 aliphatic carbocycles. The average molecular weight is 323 g/mol. The molecule has 0 spiro atoms. The van der Waals surface area contributed by atoms with Gasteiger partial charge in [-0.3, -0.25) is 4.57 Å². The molecule has 1 saturated heterocycles. The quantitative estimate of drug-likeness (QED) is 0.872. The number of H-pyrrole nitrogens is 1. The van der Waals surface area contributed by atoms with Crippen molar-refractivity contribution in [1.29, 1.82) is 0 Å². The minimum absolute atomic E-state index is 0.227. The van der Waals surface area contributed by atoms with Crippen molar-refractivity contribution in [3.05, 3.63) is 28.4 Å².